The molecule has 9 heavy (non-hydrogen) atoms. The van der Waals surface area contributed by atoms with Crippen LogP contribution >= 0.6 is 0 Å². The summed E-state index contributed by atoms with van der Waals surface area (Å²) in [5.41, 5.74) is 5.74. The number of allylic oxidation sites excluding steroid dienone is 1. The van der Waals surface area contributed by atoms with Gasteiger partial charge in [-0.2, -0.15) is 0 Å². The highest BCUT2D eigenvalue weighted by Crippen LogP contribution is 2.06. The molecule has 2 nitrogen and oxygen atoms in total. The van der Waals surface area contributed by atoms with Gasteiger partial charge in [0.05, 0.1) is 0 Å². The Bertz CT molecular complexity index is 136. The molecule has 0 aromatic carbocycles. The monoisotopic (exact) mass is 127 g/mol. The minimum Gasteiger partial charge on any atom is -0.366 e. The van der Waals surface area contributed by atoms with Gasteiger partial charge in [-0.25, -0.2) is 0 Å². The largest absolute Gasteiger partial charge is 0.366 e. The van der Waals surface area contributed by atoms with Crippen LogP contribution in [0.1, 0.15) is 20.8 Å². The van der Waals surface area contributed by atoms with Crippen LogP contribution in [-0.4, -0.2) is 5.91 Å². The van der Waals surface area contributed by atoms with E-state index >= 15 is 0 Å². The number of carbonyl (C=O) groups is 1. The molecule has 0 radical (unpaired) electrons. The lowest BCUT2D eigenvalue weighted by Crippen LogP contribution is -2.17. The molecule has 0 fully saturated rings. The molecular formula is C7H13NO. The highest BCUT2D eigenvalue weighted by atomic mass is 16.1. The molecular weight excluding hydrogens is 114 g/mol. The minimum atomic E-state index is -0.312. The fraction of sp³-hybridized carbons (Fsp3) is 0.571. The molecule has 0 aliphatic heterocycles. The molecule has 0 aliphatic carbocycles. The van der Waals surface area contributed by atoms with E-state index in [1.54, 1.807) is 6.08 Å². The zero-order valence-corrected chi connectivity index (χ0v) is 6.14. The number of nitrogens with two attached hydrogens (primary N) is 1. The summed E-state index contributed by atoms with van der Waals surface area (Å²) in [6.07, 6.45) is 1.76. The highest BCUT2D eigenvalue weighted by molar-refractivity contribution is 5.92. The van der Waals surface area contributed by atoms with Gasteiger partial charge in [-0.05, 0) is 12.8 Å². The van der Waals surface area contributed by atoms with E-state index in [1.165, 1.54) is 0 Å². The highest BCUT2D eigenvalue weighted by Gasteiger charge is 2.06. The van der Waals surface area contributed by atoms with Gasteiger partial charge in [0.15, 0.2) is 0 Å². The Morgan fingerprint density at radius 2 is 2.00 bits per heavy atom. The minimum absolute atomic E-state index is 0.243. The van der Waals surface area contributed by atoms with Gasteiger partial charge in [0.1, 0.15) is 0 Å². The number of amides is 1. The molecule has 0 heterocycles. The van der Waals surface area contributed by atoms with Crippen LogP contribution in [0.15, 0.2) is 11.6 Å². The predicted molar refractivity (Wildman–Crippen MR) is 37.8 cm³/mol. The summed E-state index contributed by atoms with van der Waals surface area (Å²) in [5.74, 6) is -0.0694. The summed E-state index contributed by atoms with van der Waals surface area (Å²) >= 11 is 0. The molecule has 0 atom stereocenters. The van der Waals surface area contributed by atoms with E-state index in [0.29, 0.717) is 5.57 Å². The smallest absolute Gasteiger partial charge is 0.244 e. The van der Waals surface area contributed by atoms with Crippen LogP contribution in [-0.2, 0) is 4.79 Å². The van der Waals surface area contributed by atoms with E-state index in [9.17, 15) is 4.79 Å². The standard InChI is InChI=1S/C7H13NO/c1-4-6(5(2)3)7(8)9/h4-5H,1-3H3,(H2,8,9)/b6-4+. The van der Waals surface area contributed by atoms with Crippen LogP contribution in [0.4, 0.5) is 0 Å². The second-order valence-electron chi connectivity index (χ2n) is 2.26. The van der Waals surface area contributed by atoms with E-state index < -0.39 is 0 Å². The molecule has 0 aromatic heterocycles. The van der Waals surface area contributed by atoms with Crippen molar-refractivity contribution in [2.75, 3.05) is 0 Å². The normalized spacial score (nSPS) is 12.2. The summed E-state index contributed by atoms with van der Waals surface area (Å²) in [6.45, 7) is 5.71. The number of rotatable bonds is 2. The van der Waals surface area contributed by atoms with E-state index in [1.807, 2.05) is 20.8 Å². The van der Waals surface area contributed by atoms with Crippen molar-refractivity contribution in [3.63, 3.8) is 0 Å². The van der Waals surface area contributed by atoms with Crippen molar-refractivity contribution in [3.05, 3.63) is 11.6 Å². The molecule has 0 rings (SSSR count). The SMILES string of the molecule is C/C=C(/C(N)=O)C(C)C. The molecule has 0 aromatic rings. The first-order valence-corrected chi connectivity index (χ1v) is 3.05. The lowest BCUT2D eigenvalue weighted by atomic mass is 10.0. The Balaban J connectivity index is 4.19. The van der Waals surface area contributed by atoms with Crippen molar-refractivity contribution < 1.29 is 4.79 Å². The molecule has 0 saturated heterocycles. The average Bonchev–Trinajstić information content (AvgIpc) is 1.64. The van der Waals surface area contributed by atoms with E-state index in [4.69, 9.17) is 5.73 Å². The molecule has 0 unspecified atom stereocenters. The first-order chi connectivity index (χ1) is 4.09. The second kappa shape index (κ2) is 3.28. The van der Waals surface area contributed by atoms with Crippen molar-refractivity contribution in [1.29, 1.82) is 0 Å². The van der Waals surface area contributed by atoms with Gasteiger partial charge in [0, 0.05) is 5.57 Å². The molecule has 52 valence electrons. The molecule has 0 spiro atoms. The summed E-state index contributed by atoms with van der Waals surface area (Å²) in [5, 5.41) is 0. The third-order valence-electron chi connectivity index (χ3n) is 1.22. The second-order valence-corrected chi connectivity index (χ2v) is 2.26. The zero-order chi connectivity index (χ0) is 7.44. The molecule has 2 N–H and O–H groups in total. The topological polar surface area (TPSA) is 43.1 Å². The number of carbonyl (C=O) groups excluding carboxylic acids is 1. The Labute approximate surface area is 55.7 Å². The van der Waals surface area contributed by atoms with Crippen LogP contribution in [0.2, 0.25) is 0 Å². The Morgan fingerprint density at radius 3 is 2.00 bits per heavy atom. The maximum Gasteiger partial charge on any atom is 0.244 e. The van der Waals surface area contributed by atoms with Crippen LogP contribution in [0.5, 0.6) is 0 Å². The van der Waals surface area contributed by atoms with Gasteiger partial charge in [0.2, 0.25) is 5.91 Å². The van der Waals surface area contributed by atoms with E-state index in [2.05, 4.69) is 0 Å². The van der Waals surface area contributed by atoms with Crippen LogP contribution < -0.4 is 5.73 Å². The molecule has 0 saturated carbocycles. The van der Waals surface area contributed by atoms with Crippen molar-refractivity contribution >= 4 is 5.91 Å². The van der Waals surface area contributed by atoms with Gasteiger partial charge >= 0.3 is 0 Å². The fourth-order valence-electron chi connectivity index (χ4n) is 0.760. The lowest BCUT2D eigenvalue weighted by molar-refractivity contribution is -0.115. The fourth-order valence-corrected chi connectivity index (χ4v) is 0.760. The van der Waals surface area contributed by atoms with Crippen LogP contribution in [0.3, 0.4) is 0 Å². The van der Waals surface area contributed by atoms with Crippen molar-refractivity contribution in [2.24, 2.45) is 11.7 Å². The first-order valence-electron chi connectivity index (χ1n) is 3.05. The average molecular weight is 127 g/mol. The van der Waals surface area contributed by atoms with E-state index in [-0.39, 0.29) is 11.8 Å². The van der Waals surface area contributed by atoms with Crippen molar-refractivity contribution in [1.82, 2.24) is 0 Å². The molecule has 1 amide bonds. The number of hydrogen-bond donors (Lipinski definition) is 1. The first kappa shape index (κ1) is 8.21. The molecule has 0 aliphatic rings. The Morgan fingerprint density at radius 1 is 1.56 bits per heavy atom. The number of primary amides is 1. The van der Waals surface area contributed by atoms with Crippen LogP contribution in [0, 0.1) is 5.92 Å². The molecule has 2 heteroatoms. The lowest BCUT2D eigenvalue weighted by Gasteiger charge is -2.03. The van der Waals surface area contributed by atoms with Gasteiger partial charge in [0.25, 0.3) is 0 Å². The third kappa shape index (κ3) is 2.31. The number of hydrogen-bond acceptors (Lipinski definition) is 1. The Kier molecular flexibility index (Phi) is 2.99. The molecule has 0 bridgehead atoms. The predicted octanol–water partition coefficient (Wildman–Crippen LogP) is 1.07. The summed E-state index contributed by atoms with van der Waals surface area (Å²) < 4.78 is 0. The van der Waals surface area contributed by atoms with Gasteiger partial charge in [-0.3, -0.25) is 4.79 Å². The van der Waals surface area contributed by atoms with Gasteiger partial charge < -0.3 is 5.73 Å². The maximum absolute atomic E-state index is 10.5. The quantitative estimate of drug-likeness (QED) is 0.554. The summed E-state index contributed by atoms with van der Waals surface area (Å²) in [6, 6.07) is 0. The van der Waals surface area contributed by atoms with Crippen molar-refractivity contribution in [3.8, 4) is 0 Å². The summed E-state index contributed by atoms with van der Waals surface area (Å²) in [7, 11) is 0. The Hall–Kier alpha value is -0.790. The maximum atomic E-state index is 10.5. The summed E-state index contributed by atoms with van der Waals surface area (Å²) in [4.78, 5) is 10.5. The third-order valence-corrected chi connectivity index (χ3v) is 1.22. The van der Waals surface area contributed by atoms with Gasteiger partial charge in [-0.1, -0.05) is 19.9 Å². The van der Waals surface area contributed by atoms with Crippen molar-refractivity contribution in [2.45, 2.75) is 20.8 Å². The van der Waals surface area contributed by atoms with E-state index in [0.717, 1.165) is 0 Å². The van der Waals surface area contributed by atoms with Crippen LogP contribution in [0.25, 0.3) is 0 Å². The van der Waals surface area contributed by atoms with Gasteiger partial charge in [-0.15, -0.1) is 0 Å². The zero-order valence-electron chi connectivity index (χ0n) is 6.14.